The van der Waals surface area contributed by atoms with Gasteiger partial charge in [-0.25, -0.2) is 8.42 Å². The number of sulfonamides is 1. The largest absolute Gasteiger partial charge is 0.481 e. The summed E-state index contributed by atoms with van der Waals surface area (Å²) in [5.41, 5.74) is 0.356. The third-order valence-electron chi connectivity index (χ3n) is 5.60. The van der Waals surface area contributed by atoms with Crippen LogP contribution in [0.4, 0.5) is 0 Å². The minimum Gasteiger partial charge on any atom is -0.481 e. The highest BCUT2D eigenvalue weighted by Crippen LogP contribution is 2.53. The average molecular weight is 494 g/mol. The number of aliphatic carboxylic acids is 2. The van der Waals surface area contributed by atoms with Crippen molar-refractivity contribution in [3.8, 4) is 0 Å². The first kappa shape index (κ1) is 22.8. The summed E-state index contributed by atoms with van der Waals surface area (Å²) < 4.78 is 27.8. The molecule has 32 heavy (non-hydrogen) atoms. The summed E-state index contributed by atoms with van der Waals surface area (Å²) in [6, 6.07) is 13.7. The van der Waals surface area contributed by atoms with Crippen LogP contribution < -0.4 is 4.72 Å². The number of hydrogen-bond acceptors (Lipinski definition) is 5. The monoisotopic (exact) mass is 493 g/mol. The van der Waals surface area contributed by atoms with Crippen LogP contribution in [0.5, 0.6) is 0 Å². The van der Waals surface area contributed by atoms with Crippen molar-refractivity contribution in [3.63, 3.8) is 0 Å². The summed E-state index contributed by atoms with van der Waals surface area (Å²) in [6.45, 7) is 0. The van der Waals surface area contributed by atoms with E-state index in [1.807, 2.05) is 18.2 Å². The fraction of sp³-hybridized carbons (Fsp3) is 0.273. The number of nitrogens with one attached hydrogen (secondary N) is 1. The number of hydrogen-bond donors (Lipinski definition) is 3. The van der Waals surface area contributed by atoms with E-state index in [0.717, 1.165) is 10.5 Å². The van der Waals surface area contributed by atoms with Gasteiger partial charge in [0.05, 0.1) is 6.42 Å². The maximum absolute atomic E-state index is 13.1. The molecule has 0 aromatic heterocycles. The van der Waals surface area contributed by atoms with E-state index in [2.05, 4.69) is 4.72 Å². The van der Waals surface area contributed by atoms with E-state index >= 15 is 0 Å². The highest BCUT2D eigenvalue weighted by molar-refractivity contribution is 8.18. The summed E-state index contributed by atoms with van der Waals surface area (Å²) >= 11 is 7.08. The van der Waals surface area contributed by atoms with Crippen molar-refractivity contribution in [2.45, 2.75) is 35.3 Å². The Morgan fingerprint density at radius 2 is 1.88 bits per heavy atom. The molecule has 1 saturated carbocycles. The molecule has 0 radical (unpaired) electrons. The van der Waals surface area contributed by atoms with Crippen LogP contribution in [0, 0.1) is 0 Å². The standard InChI is InChI=1S/C22H20ClNO6S2/c23-16-6-4-14(5-7-16)18-8-9-20(31-18)32(29,30)24-22(21(27)28)12-17(22)15-3-1-2-13(10-15)11-19(25)26/h1-8,10,17,20,24H,9,11-12H2,(H,25,26)(H,27,28). The maximum Gasteiger partial charge on any atom is 0.325 e. The fourth-order valence-electron chi connectivity index (χ4n) is 3.90. The molecule has 3 unspecified atom stereocenters. The highest BCUT2D eigenvalue weighted by Gasteiger charge is 2.63. The van der Waals surface area contributed by atoms with Crippen molar-refractivity contribution in [2.75, 3.05) is 0 Å². The Hall–Kier alpha value is -2.33. The molecule has 7 nitrogen and oxygen atoms in total. The van der Waals surface area contributed by atoms with E-state index in [4.69, 9.17) is 16.7 Å². The van der Waals surface area contributed by atoms with Gasteiger partial charge in [0.2, 0.25) is 10.0 Å². The summed E-state index contributed by atoms with van der Waals surface area (Å²) in [6.07, 6.45) is 1.99. The lowest BCUT2D eigenvalue weighted by molar-refractivity contribution is -0.140. The lowest BCUT2D eigenvalue weighted by atomic mass is 10.0. The first-order valence-corrected chi connectivity index (χ1v) is 12.6. The topological polar surface area (TPSA) is 121 Å². The second-order valence-corrected chi connectivity index (χ2v) is 11.7. The molecule has 1 aliphatic heterocycles. The van der Waals surface area contributed by atoms with Crippen LogP contribution >= 0.6 is 23.4 Å². The van der Waals surface area contributed by atoms with Gasteiger partial charge >= 0.3 is 11.9 Å². The lowest BCUT2D eigenvalue weighted by Gasteiger charge is -2.19. The molecule has 2 aliphatic rings. The summed E-state index contributed by atoms with van der Waals surface area (Å²) in [5, 5.41) is 19.4. The molecule has 0 saturated heterocycles. The van der Waals surface area contributed by atoms with E-state index in [-0.39, 0.29) is 19.3 Å². The van der Waals surface area contributed by atoms with Gasteiger partial charge in [-0.15, -0.1) is 11.8 Å². The zero-order chi connectivity index (χ0) is 23.1. The second-order valence-electron chi connectivity index (χ2n) is 7.85. The Morgan fingerprint density at radius 3 is 2.53 bits per heavy atom. The van der Waals surface area contributed by atoms with Crippen molar-refractivity contribution in [1.82, 2.24) is 4.72 Å². The van der Waals surface area contributed by atoms with Crippen LogP contribution in [0.1, 0.15) is 35.4 Å². The molecule has 1 fully saturated rings. The molecule has 1 aliphatic carbocycles. The molecule has 0 spiro atoms. The Labute approximate surface area is 194 Å². The third-order valence-corrected chi connectivity index (χ3v) is 9.55. The summed E-state index contributed by atoms with van der Waals surface area (Å²) in [5.74, 6) is -2.81. The number of benzene rings is 2. The molecule has 4 rings (SSSR count). The van der Waals surface area contributed by atoms with E-state index in [9.17, 15) is 23.1 Å². The van der Waals surface area contributed by atoms with Gasteiger partial charge in [0.1, 0.15) is 10.1 Å². The van der Waals surface area contributed by atoms with Crippen LogP contribution in [-0.2, 0) is 26.0 Å². The van der Waals surface area contributed by atoms with Crippen molar-refractivity contribution >= 4 is 50.2 Å². The van der Waals surface area contributed by atoms with Crippen LogP contribution in [0.15, 0.2) is 54.6 Å². The van der Waals surface area contributed by atoms with Gasteiger partial charge in [-0.3, -0.25) is 9.59 Å². The van der Waals surface area contributed by atoms with E-state index in [1.165, 1.54) is 11.8 Å². The molecule has 10 heteroatoms. The van der Waals surface area contributed by atoms with Crippen LogP contribution in [0.3, 0.4) is 0 Å². The van der Waals surface area contributed by atoms with Gasteiger partial charge < -0.3 is 10.2 Å². The Bertz CT molecular complexity index is 1210. The molecule has 168 valence electrons. The van der Waals surface area contributed by atoms with Crippen LogP contribution in [-0.4, -0.2) is 40.7 Å². The smallest absolute Gasteiger partial charge is 0.325 e. The normalized spacial score (nSPS) is 24.7. The number of rotatable bonds is 8. The minimum atomic E-state index is -3.96. The molecule has 1 heterocycles. The molecule has 2 aromatic rings. The van der Waals surface area contributed by atoms with Gasteiger partial charge in [0.15, 0.2) is 0 Å². The Kier molecular flexibility index (Phi) is 6.10. The zero-order valence-corrected chi connectivity index (χ0v) is 19.1. The number of halogens is 1. The van der Waals surface area contributed by atoms with Gasteiger partial charge in [0.25, 0.3) is 0 Å². The molecule has 3 N–H and O–H groups in total. The van der Waals surface area contributed by atoms with E-state index in [0.29, 0.717) is 16.1 Å². The minimum absolute atomic E-state index is 0.104. The number of carbonyl (C=O) groups is 2. The van der Waals surface area contributed by atoms with Crippen molar-refractivity contribution in [1.29, 1.82) is 0 Å². The van der Waals surface area contributed by atoms with Gasteiger partial charge in [-0.05, 0) is 41.7 Å². The first-order chi connectivity index (χ1) is 15.1. The quantitative estimate of drug-likeness (QED) is 0.512. The van der Waals surface area contributed by atoms with Gasteiger partial charge in [-0.2, -0.15) is 4.72 Å². The second kappa shape index (κ2) is 8.55. The number of allylic oxidation sites excluding steroid dienone is 1. The Morgan fingerprint density at radius 1 is 1.16 bits per heavy atom. The van der Waals surface area contributed by atoms with Gasteiger partial charge in [-0.1, -0.05) is 54.1 Å². The predicted molar refractivity (Wildman–Crippen MR) is 123 cm³/mol. The molecule has 3 atom stereocenters. The maximum atomic E-state index is 13.1. The molecule has 0 amide bonds. The van der Waals surface area contributed by atoms with Crippen LogP contribution in [0.2, 0.25) is 5.02 Å². The number of thioether (sulfide) groups is 1. The van der Waals surface area contributed by atoms with E-state index in [1.54, 1.807) is 36.4 Å². The molecular weight excluding hydrogens is 474 g/mol. The van der Waals surface area contributed by atoms with E-state index < -0.39 is 38.0 Å². The number of carboxylic acids is 2. The summed E-state index contributed by atoms with van der Waals surface area (Å²) in [7, 11) is -3.96. The highest BCUT2D eigenvalue weighted by atomic mass is 35.5. The van der Waals surface area contributed by atoms with Crippen molar-refractivity contribution in [3.05, 3.63) is 76.3 Å². The number of carboxylic acid groups (broad SMARTS) is 2. The first-order valence-electron chi connectivity index (χ1n) is 9.80. The molecular formula is C22H20ClNO6S2. The van der Waals surface area contributed by atoms with Crippen LogP contribution in [0.25, 0.3) is 4.91 Å². The Balaban J connectivity index is 1.50. The summed E-state index contributed by atoms with van der Waals surface area (Å²) in [4.78, 5) is 23.9. The lowest BCUT2D eigenvalue weighted by Crippen LogP contribution is -2.47. The zero-order valence-electron chi connectivity index (χ0n) is 16.7. The molecule has 2 aromatic carbocycles. The average Bonchev–Trinajstić information content (AvgIpc) is 3.22. The SMILES string of the molecule is O=C(O)Cc1cccc(C2CC2(NS(=O)(=O)C2CC=C(c3ccc(Cl)cc3)S2)C(=O)O)c1. The van der Waals surface area contributed by atoms with Gasteiger partial charge in [0, 0.05) is 15.8 Å². The van der Waals surface area contributed by atoms with Crippen molar-refractivity contribution < 1.29 is 28.2 Å². The molecule has 0 bridgehead atoms. The van der Waals surface area contributed by atoms with Crippen molar-refractivity contribution in [2.24, 2.45) is 0 Å². The predicted octanol–water partition coefficient (Wildman–Crippen LogP) is 3.70. The third kappa shape index (κ3) is 4.56. The fourth-order valence-corrected chi connectivity index (χ4v) is 7.23.